The van der Waals surface area contributed by atoms with E-state index in [-0.39, 0.29) is 5.75 Å². The highest BCUT2D eigenvalue weighted by atomic mass is 19.1. The van der Waals surface area contributed by atoms with E-state index in [1.54, 1.807) is 12.1 Å². The molecular formula is C13H18FNO2. The molecular weight excluding hydrogens is 221 g/mol. The van der Waals surface area contributed by atoms with Gasteiger partial charge in [-0.2, -0.15) is 0 Å². The zero-order chi connectivity index (χ0) is 12.3. The zero-order valence-corrected chi connectivity index (χ0v) is 9.95. The summed E-state index contributed by atoms with van der Waals surface area (Å²) in [7, 11) is 1.43. The molecule has 2 rings (SSSR count). The first-order chi connectivity index (χ1) is 8.20. The van der Waals surface area contributed by atoms with Gasteiger partial charge in [-0.1, -0.05) is 6.07 Å². The second kappa shape index (κ2) is 5.47. The predicted octanol–water partition coefficient (Wildman–Crippen LogP) is 2.01. The lowest BCUT2D eigenvalue weighted by Gasteiger charge is -2.16. The molecule has 17 heavy (non-hydrogen) atoms. The molecule has 0 radical (unpaired) electrons. The summed E-state index contributed by atoms with van der Waals surface area (Å²) in [6.07, 6.45) is 2.24. The van der Waals surface area contributed by atoms with E-state index >= 15 is 0 Å². The van der Waals surface area contributed by atoms with Gasteiger partial charge in [0.2, 0.25) is 0 Å². The Hall–Kier alpha value is -1.13. The van der Waals surface area contributed by atoms with E-state index in [0.29, 0.717) is 18.0 Å². The van der Waals surface area contributed by atoms with Gasteiger partial charge in [-0.25, -0.2) is 4.39 Å². The molecule has 4 heteroatoms. The van der Waals surface area contributed by atoms with Crippen LogP contribution in [0.2, 0.25) is 0 Å². The van der Waals surface area contributed by atoms with Crippen LogP contribution in [0, 0.1) is 5.82 Å². The summed E-state index contributed by atoms with van der Waals surface area (Å²) in [5.74, 6) is -0.219. The minimum absolute atomic E-state index is 0.208. The van der Waals surface area contributed by atoms with Crippen LogP contribution in [0.1, 0.15) is 30.9 Å². The first-order valence-electron chi connectivity index (χ1n) is 5.95. The van der Waals surface area contributed by atoms with Crippen molar-refractivity contribution in [1.29, 1.82) is 0 Å². The van der Waals surface area contributed by atoms with E-state index in [2.05, 4.69) is 5.32 Å². The Bertz CT molecular complexity index is 378. The van der Waals surface area contributed by atoms with Crippen LogP contribution in [0.5, 0.6) is 5.75 Å². The Labute approximate surface area is 101 Å². The van der Waals surface area contributed by atoms with Crippen LogP contribution in [0.25, 0.3) is 0 Å². The second-order valence-corrected chi connectivity index (χ2v) is 4.44. The summed E-state index contributed by atoms with van der Waals surface area (Å²) in [5.41, 5.74) is 0.608. The van der Waals surface area contributed by atoms with Crippen molar-refractivity contribution in [3.63, 3.8) is 0 Å². The SMILES string of the molecule is COc1ccc(C(O)CC2CCCN2)cc1F. The van der Waals surface area contributed by atoms with Gasteiger partial charge in [-0.3, -0.25) is 0 Å². The highest BCUT2D eigenvalue weighted by Gasteiger charge is 2.19. The molecule has 0 spiro atoms. The van der Waals surface area contributed by atoms with Gasteiger partial charge in [-0.15, -0.1) is 0 Å². The Balaban J connectivity index is 2.02. The zero-order valence-electron chi connectivity index (χ0n) is 9.95. The molecule has 2 unspecified atom stereocenters. The molecule has 0 aromatic heterocycles. The van der Waals surface area contributed by atoms with Crippen molar-refractivity contribution >= 4 is 0 Å². The monoisotopic (exact) mass is 239 g/mol. The fraction of sp³-hybridized carbons (Fsp3) is 0.538. The number of halogens is 1. The number of aliphatic hydroxyl groups excluding tert-OH is 1. The molecule has 1 aromatic carbocycles. The molecule has 3 nitrogen and oxygen atoms in total. The fourth-order valence-corrected chi connectivity index (χ4v) is 2.25. The van der Waals surface area contributed by atoms with E-state index < -0.39 is 11.9 Å². The topological polar surface area (TPSA) is 41.5 Å². The molecule has 1 heterocycles. The Morgan fingerprint density at radius 2 is 2.41 bits per heavy atom. The standard InChI is InChI=1S/C13H18FNO2/c1-17-13-5-4-9(7-11(13)14)12(16)8-10-3-2-6-15-10/h4-5,7,10,12,15-16H,2-3,6,8H2,1H3. The second-order valence-electron chi connectivity index (χ2n) is 4.44. The molecule has 1 fully saturated rings. The Kier molecular flexibility index (Phi) is 3.97. The van der Waals surface area contributed by atoms with Crippen LogP contribution in [-0.2, 0) is 0 Å². The average molecular weight is 239 g/mol. The van der Waals surface area contributed by atoms with Gasteiger partial charge in [0.15, 0.2) is 11.6 Å². The highest BCUT2D eigenvalue weighted by molar-refractivity contribution is 5.30. The molecule has 1 aliphatic rings. The lowest BCUT2D eigenvalue weighted by molar-refractivity contribution is 0.154. The Morgan fingerprint density at radius 3 is 3.00 bits per heavy atom. The van der Waals surface area contributed by atoms with E-state index in [4.69, 9.17) is 4.74 Å². The van der Waals surface area contributed by atoms with Gasteiger partial charge in [0, 0.05) is 6.04 Å². The van der Waals surface area contributed by atoms with Crippen molar-refractivity contribution in [2.75, 3.05) is 13.7 Å². The van der Waals surface area contributed by atoms with Crippen LogP contribution in [0.4, 0.5) is 4.39 Å². The summed E-state index contributed by atoms with van der Waals surface area (Å²) >= 11 is 0. The first kappa shape index (κ1) is 12.3. The average Bonchev–Trinajstić information content (AvgIpc) is 2.81. The summed E-state index contributed by atoms with van der Waals surface area (Å²) in [4.78, 5) is 0. The summed E-state index contributed by atoms with van der Waals surface area (Å²) < 4.78 is 18.3. The fourth-order valence-electron chi connectivity index (χ4n) is 2.25. The molecule has 2 atom stereocenters. The third kappa shape index (κ3) is 2.96. The van der Waals surface area contributed by atoms with Crippen molar-refractivity contribution in [3.05, 3.63) is 29.6 Å². The van der Waals surface area contributed by atoms with Crippen molar-refractivity contribution in [1.82, 2.24) is 5.32 Å². The van der Waals surface area contributed by atoms with Crippen LogP contribution < -0.4 is 10.1 Å². The van der Waals surface area contributed by atoms with E-state index in [0.717, 1.165) is 19.4 Å². The number of rotatable bonds is 4. The van der Waals surface area contributed by atoms with Crippen LogP contribution in [0.15, 0.2) is 18.2 Å². The number of nitrogens with one attached hydrogen (secondary N) is 1. The quantitative estimate of drug-likeness (QED) is 0.844. The number of hydrogen-bond acceptors (Lipinski definition) is 3. The number of benzene rings is 1. The number of hydrogen-bond donors (Lipinski definition) is 2. The lowest BCUT2D eigenvalue weighted by Crippen LogP contribution is -2.23. The molecule has 0 saturated carbocycles. The minimum atomic E-state index is -0.619. The molecule has 1 aromatic rings. The maximum atomic E-state index is 13.5. The van der Waals surface area contributed by atoms with Gasteiger partial charge >= 0.3 is 0 Å². The number of aliphatic hydroxyl groups is 1. The number of ether oxygens (including phenoxy) is 1. The van der Waals surface area contributed by atoms with Gasteiger partial charge in [-0.05, 0) is 43.5 Å². The van der Waals surface area contributed by atoms with Crippen molar-refractivity contribution < 1.29 is 14.2 Å². The van der Waals surface area contributed by atoms with Gasteiger partial charge < -0.3 is 15.2 Å². The molecule has 1 aliphatic heterocycles. The smallest absolute Gasteiger partial charge is 0.165 e. The molecule has 94 valence electrons. The molecule has 2 N–H and O–H groups in total. The van der Waals surface area contributed by atoms with Gasteiger partial charge in [0.25, 0.3) is 0 Å². The molecule has 1 saturated heterocycles. The van der Waals surface area contributed by atoms with Crippen molar-refractivity contribution in [3.8, 4) is 5.75 Å². The summed E-state index contributed by atoms with van der Waals surface area (Å²) in [6.45, 7) is 1.01. The summed E-state index contributed by atoms with van der Waals surface area (Å²) in [5, 5.41) is 13.3. The van der Waals surface area contributed by atoms with Crippen molar-refractivity contribution in [2.45, 2.75) is 31.4 Å². The minimum Gasteiger partial charge on any atom is -0.494 e. The largest absolute Gasteiger partial charge is 0.494 e. The molecule has 0 bridgehead atoms. The lowest BCUT2D eigenvalue weighted by atomic mass is 10.0. The van der Waals surface area contributed by atoms with E-state index in [9.17, 15) is 9.50 Å². The van der Waals surface area contributed by atoms with Gasteiger partial charge in [0.1, 0.15) is 0 Å². The third-order valence-corrected chi connectivity index (χ3v) is 3.23. The van der Waals surface area contributed by atoms with Crippen LogP contribution in [-0.4, -0.2) is 24.8 Å². The van der Waals surface area contributed by atoms with E-state index in [1.165, 1.54) is 13.2 Å². The van der Waals surface area contributed by atoms with Crippen LogP contribution in [0.3, 0.4) is 0 Å². The third-order valence-electron chi connectivity index (χ3n) is 3.23. The van der Waals surface area contributed by atoms with Gasteiger partial charge in [0.05, 0.1) is 13.2 Å². The normalized spacial score (nSPS) is 21.5. The summed E-state index contributed by atoms with van der Waals surface area (Å²) in [6, 6.07) is 4.95. The van der Waals surface area contributed by atoms with E-state index in [1.807, 2.05) is 0 Å². The first-order valence-corrected chi connectivity index (χ1v) is 5.95. The maximum Gasteiger partial charge on any atom is 0.165 e. The van der Waals surface area contributed by atoms with Crippen LogP contribution >= 0.6 is 0 Å². The highest BCUT2D eigenvalue weighted by Crippen LogP contribution is 2.26. The number of methoxy groups -OCH3 is 1. The molecule has 0 amide bonds. The Morgan fingerprint density at radius 1 is 1.59 bits per heavy atom. The molecule has 0 aliphatic carbocycles. The van der Waals surface area contributed by atoms with Crippen molar-refractivity contribution in [2.24, 2.45) is 0 Å². The predicted molar refractivity (Wildman–Crippen MR) is 63.6 cm³/mol. The maximum absolute atomic E-state index is 13.5.